The SMILES string of the molecule is CCCC[N+](CCCC)(CCCC)CCCC.N#Cc1ccc(C(=O)O)cc1. The van der Waals surface area contributed by atoms with Crippen LogP contribution in [0, 0.1) is 11.3 Å². The van der Waals surface area contributed by atoms with Crippen LogP contribution in [0.1, 0.15) is 95.0 Å². The number of rotatable bonds is 13. The molecule has 0 saturated heterocycles. The van der Waals surface area contributed by atoms with Crippen LogP contribution in [0.3, 0.4) is 0 Å². The quantitative estimate of drug-likeness (QED) is 0.405. The van der Waals surface area contributed by atoms with Crippen molar-refractivity contribution in [3.63, 3.8) is 0 Å². The van der Waals surface area contributed by atoms with Crippen LogP contribution in [0.4, 0.5) is 0 Å². The lowest BCUT2D eigenvalue weighted by Crippen LogP contribution is -2.50. The lowest BCUT2D eigenvalue weighted by molar-refractivity contribution is -0.929. The van der Waals surface area contributed by atoms with Crippen molar-refractivity contribution in [1.29, 1.82) is 5.26 Å². The highest BCUT2D eigenvalue weighted by Gasteiger charge is 2.24. The third kappa shape index (κ3) is 11.1. The van der Waals surface area contributed by atoms with Gasteiger partial charge in [-0.25, -0.2) is 4.79 Å². The molecule has 0 bridgehead atoms. The first-order chi connectivity index (χ1) is 13.5. The standard InChI is InChI=1S/C16H36N.C8H5NO2/c1-5-9-13-17(14-10-6-2,15-11-7-3)16-12-8-4;9-5-6-1-3-7(4-2-6)8(10)11/h5-16H2,1-4H3;1-4H,(H,10,11)/q+1;. The molecule has 0 amide bonds. The Morgan fingerprint density at radius 2 is 1.18 bits per heavy atom. The maximum atomic E-state index is 10.3. The van der Waals surface area contributed by atoms with Gasteiger partial charge in [-0.05, 0) is 49.9 Å². The zero-order valence-corrected chi connectivity index (χ0v) is 18.5. The van der Waals surface area contributed by atoms with Crippen LogP contribution in [0.25, 0.3) is 0 Å². The number of aromatic carboxylic acids is 1. The normalized spacial score (nSPS) is 10.7. The number of carbonyl (C=O) groups is 1. The van der Waals surface area contributed by atoms with Crippen LogP contribution in [-0.2, 0) is 0 Å². The Kier molecular flexibility index (Phi) is 15.1. The monoisotopic (exact) mass is 389 g/mol. The van der Waals surface area contributed by atoms with Crippen molar-refractivity contribution in [2.45, 2.75) is 79.1 Å². The van der Waals surface area contributed by atoms with E-state index in [9.17, 15) is 4.79 Å². The predicted molar refractivity (Wildman–Crippen MR) is 117 cm³/mol. The van der Waals surface area contributed by atoms with E-state index in [0.29, 0.717) is 5.56 Å². The minimum absolute atomic E-state index is 0.198. The molecule has 0 aliphatic rings. The third-order valence-corrected chi connectivity index (χ3v) is 5.20. The highest BCUT2D eigenvalue weighted by molar-refractivity contribution is 5.87. The number of carboxylic acid groups (broad SMARTS) is 1. The summed E-state index contributed by atoms with van der Waals surface area (Å²) in [5.41, 5.74) is 0.666. The van der Waals surface area contributed by atoms with Crippen molar-refractivity contribution in [3.05, 3.63) is 35.4 Å². The van der Waals surface area contributed by atoms with Crippen molar-refractivity contribution in [2.24, 2.45) is 0 Å². The molecule has 0 unspecified atom stereocenters. The molecular formula is C24H41N2O2+. The van der Waals surface area contributed by atoms with E-state index in [2.05, 4.69) is 27.7 Å². The molecule has 1 rings (SSSR count). The molecule has 158 valence electrons. The molecule has 0 saturated carbocycles. The van der Waals surface area contributed by atoms with Gasteiger partial charge in [-0.2, -0.15) is 5.26 Å². The number of hydrogen-bond donors (Lipinski definition) is 1. The number of unbranched alkanes of at least 4 members (excludes halogenated alkanes) is 4. The van der Waals surface area contributed by atoms with Crippen molar-refractivity contribution >= 4 is 5.97 Å². The van der Waals surface area contributed by atoms with E-state index in [1.54, 1.807) is 0 Å². The van der Waals surface area contributed by atoms with E-state index in [1.807, 2.05) is 6.07 Å². The van der Waals surface area contributed by atoms with E-state index >= 15 is 0 Å². The topological polar surface area (TPSA) is 61.1 Å². The molecule has 28 heavy (non-hydrogen) atoms. The lowest BCUT2D eigenvalue weighted by atomic mass is 10.1. The fourth-order valence-electron chi connectivity index (χ4n) is 3.33. The lowest BCUT2D eigenvalue weighted by Gasteiger charge is -2.39. The van der Waals surface area contributed by atoms with Gasteiger partial charge in [-0.15, -0.1) is 0 Å². The van der Waals surface area contributed by atoms with Gasteiger partial charge in [0.05, 0.1) is 43.4 Å². The second-order valence-electron chi connectivity index (χ2n) is 7.64. The van der Waals surface area contributed by atoms with Gasteiger partial charge in [0.25, 0.3) is 0 Å². The summed E-state index contributed by atoms with van der Waals surface area (Å²) in [7, 11) is 0. The second-order valence-corrected chi connectivity index (χ2v) is 7.64. The maximum Gasteiger partial charge on any atom is 0.335 e. The number of nitrogens with zero attached hydrogens (tertiary/aromatic N) is 2. The molecule has 0 aromatic heterocycles. The summed E-state index contributed by atoms with van der Waals surface area (Å²) < 4.78 is 1.42. The van der Waals surface area contributed by atoms with Gasteiger partial charge in [0.15, 0.2) is 0 Å². The van der Waals surface area contributed by atoms with Crippen molar-refractivity contribution < 1.29 is 14.4 Å². The fourth-order valence-corrected chi connectivity index (χ4v) is 3.33. The Balaban J connectivity index is 0.000000567. The molecule has 1 N–H and O–H groups in total. The third-order valence-electron chi connectivity index (χ3n) is 5.20. The van der Waals surface area contributed by atoms with E-state index in [0.717, 1.165) is 0 Å². The Bertz CT molecular complexity index is 523. The molecule has 0 radical (unpaired) electrons. The predicted octanol–water partition coefficient (Wildman–Crippen LogP) is 6.26. The van der Waals surface area contributed by atoms with Crippen molar-refractivity contribution in [1.82, 2.24) is 0 Å². The molecule has 0 fully saturated rings. The number of carboxylic acids is 1. The summed E-state index contributed by atoms with van der Waals surface area (Å²) in [5, 5.41) is 16.8. The Morgan fingerprint density at radius 3 is 1.43 bits per heavy atom. The zero-order valence-electron chi connectivity index (χ0n) is 18.5. The number of hydrogen-bond acceptors (Lipinski definition) is 2. The molecule has 1 aromatic rings. The van der Waals surface area contributed by atoms with Crippen LogP contribution < -0.4 is 0 Å². The zero-order chi connectivity index (χ0) is 21.3. The van der Waals surface area contributed by atoms with Crippen LogP contribution in [-0.4, -0.2) is 41.7 Å². The van der Waals surface area contributed by atoms with Crippen LogP contribution in [0.5, 0.6) is 0 Å². The molecule has 0 spiro atoms. The molecule has 1 aromatic carbocycles. The van der Waals surface area contributed by atoms with Gasteiger partial charge in [0, 0.05) is 0 Å². The van der Waals surface area contributed by atoms with Gasteiger partial charge in [-0.1, -0.05) is 53.4 Å². The van der Waals surface area contributed by atoms with Crippen molar-refractivity contribution in [3.8, 4) is 6.07 Å². The second kappa shape index (κ2) is 16.1. The molecule has 4 nitrogen and oxygen atoms in total. The van der Waals surface area contributed by atoms with Crippen LogP contribution >= 0.6 is 0 Å². The number of benzene rings is 1. The van der Waals surface area contributed by atoms with Gasteiger partial charge in [-0.3, -0.25) is 0 Å². The van der Waals surface area contributed by atoms with Gasteiger partial charge < -0.3 is 9.59 Å². The average Bonchev–Trinajstić information content (AvgIpc) is 2.73. The number of nitriles is 1. The van der Waals surface area contributed by atoms with Gasteiger partial charge in [0.2, 0.25) is 0 Å². The maximum absolute atomic E-state index is 10.3. The Morgan fingerprint density at radius 1 is 0.821 bits per heavy atom. The average molecular weight is 390 g/mol. The summed E-state index contributed by atoms with van der Waals surface area (Å²) in [4.78, 5) is 10.3. The Labute approximate surface area is 172 Å². The van der Waals surface area contributed by atoms with Crippen molar-refractivity contribution in [2.75, 3.05) is 26.2 Å². The summed E-state index contributed by atoms with van der Waals surface area (Å²) in [6.45, 7) is 15.0. The molecular weight excluding hydrogens is 348 g/mol. The molecule has 0 aliphatic heterocycles. The van der Waals surface area contributed by atoms with E-state index < -0.39 is 5.97 Å². The summed E-state index contributed by atoms with van der Waals surface area (Å²) >= 11 is 0. The van der Waals surface area contributed by atoms with E-state index in [4.69, 9.17) is 10.4 Å². The minimum atomic E-state index is -0.977. The largest absolute Gasteiger partial charge is 0.478 e. The fraction of sp³-hybridized carbons (Fsp3) is 0.667. The summed E-state index contributed by atoms with van der Waals surface area (Å²) in [5.74, 6) is -0.977. The van der Waals surface area contributed by atoms with Gasteiger partial charge in [0.1, 0.15) is 0 Å². The van der Waals surface area contributed by atoms with Crippen LogP contribution in [0.2, 0.25) is 0 Å². The van der Waals surface area contributed by atoms with E-state index in [1.165, 1.54) is 106 Å². The first kappa shape index (κ1) is 26.1. The molecule has 0 heterocycles. The minimum Gasteiger partial charge on any atom is -0.478 e. The van der Waals surface area contributed by atoms with Gasteiger partial charge >= 0.3 is 5.97 Å². The smallest absolute Gasteiger partial charge is 0.335 e. The first-order valence-corrected chi connectivity index (χ1v) is 11.1. The summed E-state index contributed by atoms with van der Waals surface area (Å²) in [6.07, 6.45) is 11.1. The molecule has 4 heteroatoms. The van der Waals surface area contributed by atoms with E-state index in [-0.39, 0.29) is 5.56 Å². The molecule has 0 aliphatic carbocycles. The first-order valence-electron chi connectivity index (χ1n) is 11.1. The van der Waals surface area contributed by atoms with Crippen LogP contribution in [0.15, 0.2) is 24.3 Å². The Hall–Kier alpha value is -1.86. The highest BCUT2D eigenvalue weighted by Crippen LogP contribution is 2.16. The highest BCUT2D eigenvalue weighted by atomic mass is 16.4. The number of quaternary nitrogens is 1. The molecule has 0 atom stereocenters. The summed E-state index contributed by atoms with van der Waals surface area (Å²) in [6, 6.07) is 7.66.